The second-order valence-electron chi connectivity index (χ2n) is 6.63. The third kappa shape index (κ3) is 3.67. The van der Waals surface area contributed by atoms with Crippen molar-refractivity contribution in [2.75, 3.05) is 31.1 Å². The van der Waals surface area contributed by atoms with Crippen molar-refractivity contribution in [2.45, 2.75) is 39.0 Å². The van der Waals surface area contributed by atoms with Crippen molar-refractivity contribution in [3.05, 3.63) is 30.0 Å². The summed E-state index contributed by atoms with van der Waals surface area (Å²) < 4.78 is 7.57. The van der Waals surface area contributed by atoms with Crippen LogP contribution in [0, 0.1) is 0 Å². The summed E-state index contributed by atoms with van der Waals surface area (Å²) in [5.41, 5.74) is 1.80. The molecule has 1 fully saturated rings. The maximum absolute atomic E-state index is 12.1. The molecule has 1 amide bonds. The van der Waals surface area contributed by atoms with Crippen LogP contribution in [0.25, 0.3) is 0 Å². The van der Waals surface area contributed by atoms with Crippen LogP contribution in [0.3, 0.4) is 0 Å². The van der Waals surface area contributed by atoms with Crippen molar-refractivity contribution in [3.8, 4) is 0 Å². The molecule has 0 atom stereocenters. The summed E-state index contributed by atoms with van der Waals surface area (Å²) in [5, 5.41) is 8.51. The third-order valence-electron chi connectivity index (χ3n) is 4.85. The molecule has 4 heterocycles. The molecule has 0 N–H and O–H groups in total. The Hall–Kier alpha value is -2.55. The number of anilines is 1. The summed E-state index contributed by atoms with van der Waals surface area (Å²) in [6.07, 6.45) is 8.27. The Morgan fingerprint density at radius 1 is 1.12 bits per heavy atom. The second kappa shape index (κ2) is 7.77. The fourth-order valence-corrected chi connectivity index (χ4v) is 3.45. The predicted molar refractivity (Wildman–Crippen MR) is 93.2 cm³/mol. The highest BCUT2D eigenvalue weighted by molar-refractivity contribution is 5.77. The largest absolute Gasteiger partial charge is 0.365 e. The van der Waals surface area contributed by atoms with E-state index < -0.39 is 0 Å². The van der Waals surface area contributed by atoms with Gasteiger partial charge in [-0.1, -0.05) is 5.21 Å². The molecule has 0 bridgehead atoms. The van der Waals surface area contributed by atoms with Gasteiger partial charge in [0.15, 0.2) is 0 Å². The Bertz CT molecular complexity index is 743. The topological polar surface area (TPSA) is 89.3 Å². The lowest BCUT2D eigenvalue weighted by atomic mass is 10.3. The minimum absolute atomic E-state index is 0.0574. The molecule has 138 valence electrons. The van der Waals surface area contributed by atoms with Gasteiger partial charge in [0, 0.05) is 38.6 Å². The quantitative estimate of drug-likeness (QED) is 0.775. The van der Waals surface area contributed by atoms with Gasteiger partial charge in [0.05, 0.1) is 25.0 Å². The number of hydrogen-bond acceptors (Lipinski definition) is 7. The highest BCUT2D eigenvalue weighted by Crippen LogP contribution is 2.19. The van der Waals surface area contributed by atoms with Gasteiger partial charge in [-0.25, -0.2) is 9.67 Å². The number of nitrogens with zero attached hydrogens (tertiary/aromatic N) is 7. The number of aromatic nitrogens is 5. The zero-order valence-electron chi connectivity index (χ0n) is 14.8. The van der Waals surface area contributed by atoms with Gasteiger partial charge >= 0.3 is 0 Å². The fourth-order valence-electron chi connectivity index (χ4n) is 3.45. The average molecular weight is 357 g/mol. The van der Waals surface area contributed by atoms with Gasteiger partial charge in [0.2, 0.25) is 5.91 Å². The molecule has 2 aliphatic rings. The molecule has 9 nitrogen and oxygen atoms in total. The number of aryl methyl sites for hydroxylation is 1. The Morgan fingerprint density at radius 2 is 2.00 bits per heavy atom. The van der Waals surface area contributed by atoms with Gasteiger partial charge in [0.1, 0.15) is 18.1 Å². The molecule has 0 aliphatic carbocycles. The van der Waals surface area contributed by atoms with E-state index in [1.54, 1.807) is 18.6 Å². The summed E-state index contributed by atoms with van der Waals surface area (Å²) in [7, 11) is 0. The minimum atomic E-state index is 0.0574. The summed E-state index contributed by atoms with van der Waals surface area (Å²) in [4.78, 5) is 24.7. The molecule has 2 aliphatic heterocycles. The summed E-state index contributed by atoms with van der Waals surface area (Å²) in [5.74, 6) is 0.903. The van der Waals surface area contributed by atoms with Crippen LogP contribution in [0.4, 0.5) is 5.82 Å². The van der Waals surface area contributed by atoms with E-state index in [0.29, 0.717) is 13.2 Å². The highest BCUT2D eigenvalue weighted by atomic mass is 16.5. The maximum atomic E-state index is 12.1. The number of fused-ring (bicyclic) bond motifs is 1. The molecule has 0 saturated carbocycles. The van der Waals surface area contributed by atoms with Gasteiger partial charge in [0.25, 0.3) is 0 Å². The van der Waals surface area contributed by atoms with Crippen LogP contribution in [0.1, 0.15) is 30.7 Å². The number of carbonyl (C=O) groups is 1. The van der Waals surface area contributed by atoms with E-state index in [9.17, 15) is 4.79 Å². The van der Waals surface area contributed by atoms with Crippen LogP contribution in [0.2, 0.25) is 0 Å². The van der Waals surface area contributed by atoms with E-state index in [0.717, 1.165) is 62.6 Å². The maximum Gasteiger partial charge on any atom is 0.248 e. The van der Waals surface area contributed by atoms with Crippen molar-refractivity contribution in [1.82, 2.24) is 29.9 Å². The first-order valence-electron chi connectivity index (χ1n) is 9.09. The molecule has 2 aromatic heterocycles. The molecule has 2 aromatic rings. The zero-order valence-corrected chi connectivity index (χ0v) is 14.8. The van der Waals surface area contributed by atoms with E-state index >= 15 is 0 Å². The van der Waals surface area contributed by atoms with Gasteiger partial charge in [-0.15, -0.1) is 5.10 Å². The van der Waals surface area contributed by atoms with Gasteiger partial charge in [-0.3, -0.25) is 9.78 Å². The van der Waals surface area contributed by atoms with Crippen LogP contribution in [0.15, 0.2) is 18.6 Å². The molecule has 0 radical (unpaired) electrons. The van der Waals surface area contributed by atoms with E-state index in [4.69, 9.17) is 4.74 Å². The lowest BCUT2D eigenvalue weighted by Gasteiger charge is -2.20. The lowest BCUT2D eigenvalue weighted by Crippen LogP contribution is -2.31. The first-order valence-corrected chi connectivity index (χ1v) is 9.09. The van der Waals surface area contributed by atoms with Gasteiger partial charge in [-0.2, -0.15) is 0 Å². The monoisotopic (exact) mass is 357 g/mol. The standard InChI is InChI=1S/C17H23N7O2/c25-17(22-6-1-2-7-22)13-26-12-14-15-11-23(16-10-18-4-5-19-16)8-3-9-24(15)21-20-14/h4-5,10H,1-3,6-9,11-13H2. The minimum Gasteiger partial charge on any atom is -0.365 e. The number of hydrogen-bond donors (Lipinski definition) is 0. The van der Waals surface area contributed by atoms with Crippen LogP contribution in [-0.4, -0.2) is 62.0 Å². The molecule has 0 aromatic carbocycles. The van der Waals surface area contributed by atoms with E-state index in [1.165, 1.54) is 0 Å². The third-order valence-corrected chi connectivity index (χ3v) is 4.85. The molecule has 26 heavy (non-hydrogen) atoms. The molecule has 1 saturated heterocycles. The lowest BCUT2D eigenvalue weighted by molar-refractivity contribution is -0.135. The van der Waals surface area contributed by atoms with Crippen molar-refractivity contribution >= 4 is 11.7 Å². The van der Waals surface area contributed by atoms with E-state index in [1.807, 2.05) is 9.58 Å². The van der Waals surface area contributed by atoms with E-state index in [-0.39, 0.29) is 12.5 Å². The first-order chi connectivity index (χ1) is 12.8. The fraction of sp³-hybridized carbons (Fsp3) is 0.588. The molecule has 0 unspecified atom stereocenters. The summed E-state index contributed by atoms with van der Waals surface area (Å²) in [6, 6.07) is 0. The van der Waals surface area contributed by atoms with Gasteiger partial charge < -0.3 is 14.5 Å². The molecule has 0 spiro atoms. The first kappa shape index (κ1) is 16.9. The van der Waals surface area contributed by atoms with Gasteiger partial charge in [-0.05, 0) is 19.3 Å². The average Bonchev–Trinajstić information content (AvgIpc) is 3.28. The summed E-state index contributed by atoms with van der Waals surface area (Å²) >= 11 is 0. The molecular weight excluding hydrogens is 334 g/mol. The molecular formula is C17H23N7O2. The molecule has 4 rings (SSSR count). The van der Waals surface area contributed by atoms with Crippen molar-refractivity contribution in [2.24, 2.45) is 0 Å². The van der Waals surface area contributed by atoms with Crippen molar-refractivity contribution in [1.29, 1.82) is 0 Å². The number of carbonyl (C=O) groups excluding carboxylic acids is 1. The Kier molecular flexibility index (Phi) is 5.05. The number of ether oxygens (including phenoxy) is 1. The number of rotatable bonds is 5. The highest BCUT2D eigenvalue weighted by Gasteiger charge is 2.22. The number of likely N-dealkylation sites (tertiary alicyclic amines) is 1. The normalized spacial score (nSPS) is 17.2. The number of amides is 1. The molecule has 9 heteroatoms. The van der Waals surface area contributed by atoms with E-state index in [2.05, 4.69) is 25.2 Å². The van der Waals surface area contributed by atoms with Crippen LogP contribution < -0.4 is 4.90 Å². The predicted octanol–water partition coefficient (Wildman–Crippen LogP) is 0.617. The van der Waals surface area contributed by atoms with Crippen molar-refractivity contribution in [3.63, 3.8) is 0 Å². The Labute approximate surface area is 152 Å². The van der Waals surface area contributed by atoms with Crippen LogP contribution >= 0.6 is 0 Å². The van der Waals surface area contributed by atoms with Crippen LogP contribution in [0.5, 0.6) is 0 Å². The zero-order chi connectivity index (χ0) is 17.8. The Balaban J connectivity index is 1.40. The van der Waals surface area contributed by atoms with Crippen LogP contribution in [-0.2, 0) is 29.2 Å². The Morgan fingerprint density at radius 3 is 2.81 bits per heavy atom. The SMILES string of the molecule is O=C(COCc1nnn2c1CN(c1cnccn1)CCC2)N1CCCC1. The van der Waals surface area contributed by atoms with Crippen molar-refractivity contribution < 1.29 is 9.53 Å². The summed E-state index contributed by atoms with van der Waals surface area (Å²) in [6.45, 7) is 4.43. The second-order valence-corrected chi connectivity index (χ2v) is 6.63. The smallest absolute Gasteiger partial charge is 0.248 e.